The van der Waals surface area contributed by atoms with E-state index in [9.17, 15) is 9.59 Å². The van der Waals surface area contributed by atoms with Crippen molar-refractivity contribution in [2.45, 2.75) is 26.7 Å². The summed E-state index contributed by atoms with van der Waals surface area (Å²) in [7, 11) is 0. The zero-order valence-electron chi connectivity index (χ0n) is 15.9. The van der Waals surface area contributed by atoms with Gasteiger partial charge in [-0.25, -0.2) is 0 Å². The highest BCUT2D eigenvalue weighted by molar-refractivity contribution is 6.05. The summed E-state index contributed by atoms with van der Waals surface area (Å²) in [6.45, 7) is 6.79. The van der Waals surface area contributed by atoms with Gasteiger partial charge < -0.3 is 15.5 Å². The number of hydrogen-bond donors (Lipinski definition) is 2. The molecule has 1 aliphatic rings. The molecule has 1 fully saturated rings. The molecule has 0 spiro atoms. The van der Waals surface area contributed by atoms with Crippen LogP contribution in [0.5, 0.6) is 0 Å². The van der Waals surface area contributed by atoms with Gasteiger partial charge in [0.15, 0.2) is 0 Å². The quantitative estimate of drug-likeness (QED) is 0.822. The van der Waals surface area contributed by atoms with E-state index in [-0.39, 0.29) is 17.5 Å². The number of rotatable bonds is 6. The first-order valence-corrected chi connectivity index (χ1v) is 9.43. The minimum atomic E-state index is -0.270. The predicted molar refractivity (Wildman–Crippen MR) is 107 cm³/mol. The fourth-order valence-electron chi connectivity index (χ4n) is 3.02. The Kier molecular flexibility index (Phi) is 6.06. The number of aromatic nitrogens is 1. The SMILES string of the molecule is CC(C)CNC(=O)c1cc(C(=O)Nc2ccc(N3CCCC3)cc2)ccn1. The molecule has 1 aromatic carbocycles. The van der Waals surface area contributed by atoms with E-state index in [1.54, 1.807) is 6.07 Å². The van der Waals surface area contributed by atoms with Crippen molar-refractivity contribution >= 4 is 23.2 Å². The monoisotopic (exact) mass is 366 g/mol. The molecule has 0 aliphatic carbocycles. The second-order valence-corrected chi connectivity index (χ2v) is 7.23. The maximum Gasteiger partial charge on any atom is 0.269 e. The third-order valence-electron chi connectivity index (χ3n) is 4.52. The molecule has 142 valence electrons. The Labute approximate surface area is 160 Å². The van der Waals surface area contributed by atoms with E-state index < -0.39 is 0 Å². The van der Waals surface area contributed by atoms with Crippen LogP contribution in [0.15, 0.2) is 42.6 Å². The predicted octanol–water partition coefficient (Wildman–Crippen LogP) is 3.32. The van der Waals surface area contributed by atoms with Gasteiger partial charge in [0.1, 0.15) is 5.69 Å². The Balaban J connectivity index is 1.63. The fourth-order valence-corrected chi connectivity index (χ4v) is 3.02. The minimum Gasteiger partial charge on any atom is -0.372 e. The molecular formula is C21H26N4O2. The fraction of sp³-hybridized carbons (Fsp3) is 0.381. The summed E-state index contributed by atoms with van der Waals surface area (Å²) in [4.78, 5) is 31.1. The molecule has 6 nitrogen and oxygen atoms in total. The maximum atomic E-state index is 12.5. The van der Waals surface area contributed by atoms with E-state index in [0.29, 0.717) is 18.0 Å². The average Bonchev–Trinajstić information content (AvgIpc) is 3.21. The molecule has 6 heteroatoms. The third kappa shape index (κ3) is 5.06. The summed E-state index contributed by atoms with van der Waals surface area (Å²) >= 11 is 0. The van der Waals surface area contributed by atoms with Gasteiger partial charge >= 0.3 is 0 Å². The van der Waals surface area contributed by atoms with Crippen LogP contribution in [0.25, 0.3) is 0 Å². The lowest BCUT2D eigenvalue weighted by Crippen LogP contribution is -2.28. The number of nitrogens with zero attached hydrogens (tertiary/aromatic N) is 2. The van der Waals surface area contributed by atoms with Crippen LogP contribution in [0.3, 0.4) is 0 Å². The Morgan fingerprint density at radius 1 is 1.07 bits per heavy atom. The molecule has 0 atom stereocenters. The van der Waals surface area contributed by atoms with Gasteiger partial charge in [-0.05, 0) is 55.2 Å². The first kappa shape index (κ1) is 18.9. The molecule has 1 aromatic heterocycles. The number of benzene rings is 1. The highest BCUT2D eigenvalue weighted by Crippen LogP contribution is 2.22. The van der Waals surface area contributed by atoms with Crippen LogP contribution < -0.4 is 15.5 Å². The lowest BCUT2D eigenvalue weighted by Gasteiger charge is -2.17. The van der Waals surface area contributed by atoms with E-state index in [1.165, 1.54) is 30.8 Å². The highest BCUT2D eigenvalue weighted by atomic mass is 16.2. The van der Waals surface area contributed by atoms with Gasteiger partial charge in [-0.1, -0.05) is 13.8 Å². The van der Waals surface area contributed by atoms with Crippen molar-refractivity contribution < 1.29 is 9.59 Å². The summed E-state index contributed by atoms with van der Waals surface area (Å²) in [6.07, 6.45) is 3.94. The summed E-state index contributed by atoms with van der Waals surface area (Å²) in [5.41, 5.74) is 2.56. The van der Waals surface area contributed by atoms with Gasteiger partial charge in [0.05, 0.1) is 0 Å². The van der Waals surface area contributed by atoms with Crippen molar-refractivity contribution in [3.8, 4) is 0 Å². The minimum absolute atomic E-state index is 0.243. The molecule has 1 saturated heterocycles. The van der Waals surface area contributed by atoms with Gasteiger partial charge in [-0.2, -0.15) is 0 Å². The van der Waals surface area contributed by atoms with E-state index >= 15 is 0 Å². The maximum absolute atomic E-state index is 12.5. The molecular weight excluding hydrogens is 340 g/mol. The smallest absolute Gasteiger partial charge is 0.269 e. The molecule has 0 bridgehead atoms. The molecule has 3 rings (SSSR count). The second-order valence-electron chi connectivity index (χ2n) is 7.23. The molecule has 0 radical (unpaired) electrons. The average molecular weight is 366 g/mol. The molecule has 2 amide bonds. The highest BCUT2D eigenvalue weighted by Gasteiger charge is 2.14. The number of amides is 2. The number of nitrogens with one attached hydrogen (secondary N) is 2. The molecule has 0 saturated carbocycles. The molecule has 2 heterocycles. The number of pyridine rings is 1. The lowest BCUT2D eigenvalue weighted by atomic mass is 10.2. The van der Waals surface area contributed by atoms with Crippen LogP contribution in [0.1, 0.15) is 47.5 Å². The number of anilines is 2. The number of carbonyl (C=O) groups excluding carboxylic acids is 2. The molecule has 1 aliphatic heterocycles. The van der Waals surface area contributed by atoms with E-state index in [1.807, 2.05) is 38.1 Å². The molecule has 2 aromatic rings. The van der Waals surface area contributed by atoms with Gasteiger partial charge in [-0.15, -0.1) is 0 Å². The van der Waals surface area contributed by atoms with Crippen molar-refractivity contribution in [1.29, 1.82) is 0 Å². The van der Waals surface area contributed by atoms with Gasteiger partial charge in [0.25, 0.3) is 11.8 Å². The third-order valence-corrected chi connectivity index (χ3v) is 4.52. The van der Waals surface area contributed by atoms with Crippen molar-refractivity contribution in [1.82, 2.24) is 10.3 Å². The van der Waals surface area contributed by atoms with Crippen LogP contribution in [-0.4, -0.2) is 36.4 Å². The van der Waals surface area contributed by atoms with Crippen molar-refractivity contribution in [2.75, 3.05) is 29.9 Å². The summed E-state index contributed by atoms with van der Waals surface area (Å²) in [5, 5.41) is 5.68. The first-order chi connectivity index (χ1) is 13.0. The summed E-state index contributed by atoms with van der Waals surface area (Å²) in [5.74, 6) is -0.179. The number of carbonyl (C=O) groups is 2. The zero-order valence-corrected chi connectivity index (χ0v) is 15.9. The molecule has 2 N–H and O–H groups in total. The van der Waals surface area contributed by atoms with Gasteiger partial charge in [0.2, 0.25) is 0 Å². The van der Waals surface area contributed by atoms with E-state index in [4.69, 9.17) is 0 Å². The topological polar surface area (TPSA) is 74.3 Å². The Morgan fingerprint density at radius 2 is 1.78 bits per heavy atom. The Bertz CT molecular complexity index is 796. The van der Waals surface area contributed by atoms with Crippen LogP contribution in [0.4, 0.5) is 11.4 Å². The summed E-state index contributed by atoms with van der Waals surface area (Å²) < 4.78 is 0. The largest absolute Gasteiger partial charge is 0.372 e. The van der Waals surface area contributed by atoms with Gasteiger partial charge in [0, 0.05) is 42.8 Å². The Hall–Kier alpha value is -2.89. The Morgan fingerprint density at radius 3 is 2.44 bits per heavy atom. The zero-order chi connectivity index (χ0) is 19.2. The molecule has 0 unspecified atom stereocenters. The lowest BCUT2D eigenvalue weighted by molar-refractivity contribution is 0.0944. The second kappa shape index (κ2) is 8.66. The first-order valence-electron chi connectivity index (χ1n) is 9.43. The summed E-state index contributed by atoms with van der Waals surface area (Å²) in [6, 6.07) is 11.0. The van der Waals surface area contributed by atoms with E-state index in [2.05, 4.69) is 20.5 Å². The van der Waals surface area contributed by atoms with Crippen molar-refractivity contribution in [2.24, 2.45) is 5.92 Å². The van der Waals surface area contributed by atoms with Crippen LogP contribution in [0.2, 0.25) is 0 Å². The van der Waals surface area contributed by atoms with Gasteiger partial charge in [-0.3, -0.25) is 14.6 Å². The normalized spacial score (nSPS) is 13.7. The van der Waals surface area contributed by atoms with Crippen LogP contribution in [0, 0.1) is 5.92 Å². The van der Waals surface area contributed by atoms with Crippen LogP contribution >= 0.6 is 0 Å². The van der Waals surface area contributed by atoms with Crippen molar-refractivity contribution in [3.63, 3.8) is 0 Å². The van der Waals surface area contributed by atoms with E-state index in [0.717, 1.165) is 18.8 Å². The standard InChI is InChI=1S/C21H26N4O2/c1-15(2)14-23-21(27)19-13-16(9-10-22-19)20(26)24-17-5-7-18(8-6-17)25-11-3-4-12-25/h5-10,13,15H,3-4,11-12,14H2,1-2H3,(H,23,27)(H,24,26). The number of hydrogen-bond acceptors (Lipinski definition) is 4. The van der Waals surface area contributed by atoms with Crippen LogP contribution in [-0.2, 0) is 0 Å². The van der Waals surface area contributed by atoms with Crippen molar-refractivity contribution in [3.05, 3.63) is 53.9 Å². The molecule has 27 heavy (non-hydrogen) atoms.